The van der Waals surface area contributed by atoms with Gasteiger partial charge in [-0.2, -0.15) is 13.2 Å². The first-order valence-corrected chi connectivity index (χ1v) is 8.55. The fourth-order valence-electron chi connectivity index (χ4n) is 2.16. The third-order valence-electron chi connectivity index (χ3n) is 3.80. The number of imide groups is 1. The number of rotatable bonds is 6. The number of urea groups is 1. The predicted octanol–water partition coefficient (Wildman–Crippen LogP) is 3.14. The highest BCUT2D eigenvalue weighted by molar-refractivity contribution is 6.02. The number of aryl methyl sites for hydroxylation is 1. The van der Waals surface area contributed by atoms with E-state index in [0.717, 1.165) is 29.5 Å². The summed E-state index contributed by atoms with van der Waals surface area (Å²) in [4.78, 5) is 39.1. The Bertz CT molecular complexity index is 930. The zero-order valence-corrected chi connectivity index (χ0v) is 16.0. The van der Waals surface area contributed by atoms with Gasteiger partial charge < -0.3 is 14.8 Å². The van der Waals surface area contributed by atoms with Gasteiger partial charge in [-0.15, -0.1) is 0 Å². The van der Waals surface area contributed by atoms with E-state index in [1.807, 2.05) is 25.2 Å². The van der Waals surface area contributed by atoms with Crippen LogP contribution in [0.1, 0.15) is 21.5 Å². The van der Waals surface area contributed by atoms with E-state index in [0.29, 0.717) is 5.69 Å². The zero-order chi connectivity index (χ0) is 22.3. The molecule has 0 unspecified atom stereocenters. The lowest BCUT2D eigenvalue weighted by atomic mass is 10.1. The predicted molar refractivity (Wildman–Crippen MR) is 99.1 cm³/mol. The molecule has 0 atom stereocenters. The van der Waals surface area contributed by atoms with E-state index in [-0.39, 0.29) is 11.4 Å². The highest BCUT2D eigenvalue weighted by Gasteiger charge is 2.28. The number of hydrogen-bond donors (Lipinski definition) is 2. The smallest absolute Gasteiger partial charge is 0.422 e. The number of halogens is 3. The van der Waals surface area contributed by atoms with Crippen molar-refractivity contribution >= 4 is 23.6 Å². The maximum Gasteiger partial charge on any atom is 0.422 e. The normalized spacial score (nSPS) is 10.8. The number of esters is 1. The molecule has 2 aromatic rings. The molecule has 1 aromatic carbocycles. The minimum atomic E-state index is -4.52. The lowest BCUT2D eigenvalue weighted by molar-refractivity contribution is -0.154. The van der Waals surface area contributed by atoms with Gasteiger partial charge in [0.25, 0.3) is 5.91 Å². The summed E-state index contributed by atoms with van der Waals surface area (Å²) in [5.41, 5.74) is 2.20. The molecule has 2 rings (SSSR count). The van der Waals surface area contributed by atoms with Crippen LogP contribution in [-0.4, -0.2) is 42.3 Å². The van der Waals surface area contributed by atoms with E-state index in [9.17, 15) is 27.6 Å². The van der Waals surface area contributed by atoms with Gasteiger partial charge in [0, 0.05) is 18.0 Å². The fourth-order valence-corrected chi connectivity index (χ4v) is 2.16. The summed E-state index contributed by atoms with van der Waals surface area (Å²) in [5, 5.41) is 4.53. The van der Waals surface area contributed by atoms with E-state index >= 15 is 0 Å². The number of alkyl halides is 3. The van der Waals surface area contributed by atoms with Crippen molar-refractivity contribution < 1.29 is 37.0 Å². The molecule has 30 heavy (non-hydrogen) atoms. The zero-order valence-electron chi connectivity index (χ0n) is 16.0. The largest absolute Gasteiger partial charge is 0.468 e. The van der Waals surface area contributed by atoms with Gasteiger partial charge in [-0.25, -0.2) is 14.6 Å². The minimum Gasteiger partial charge on any atom is -0.468 e. The number of amides is 3. The van der Waals surface area contributed by atoms with Crippen LogP contribution in [0.3, 0.4) is 0 Å². The molecule has 0 aliphatic carbocycles. The van der Waals surface area contributed by atoms with Crippen LogP contribution < -0.4 is 15.4 Å². The van der Waals surface area contributed by atoms with E-state index in [1.165, 1.54) is 0 Å². The van der Waals surface area contributed by atoms with Gasteiger partial charge in [0.1, 0.15) is 0 Å². The molecule has 2 N–H and O–H groups in total. The van der Waals surface area contributed by atoms with Crippen LogP contribution in [0.2, 0.25) is 0 Å². The second-order valence-corrected chi connectivity index (χ2v) is 6.11. The number of aromatic nitrogens is 1. The summed E-state index contributed by atoms with van der Waals surface area (Å²) in [6, 6.07) is 6.67. The number of benzene rings is 1. The minimum absolute atomic E-state index is 0.109. The van der Waals surface area contributed by atoms with Crippen molar-refractivity contribution in [3.63, 3.8) is 0 Å². The Morgan fingerprint density at radius 1 is 1.10 bits per heavy atom. The molecule has 8 nitrogen and oxygen atoms in total. The van der Waals surface area contributed by atoms with Gasteiger partial charge in [-0.3, -0.25) is 10.1 Å². The Hall–Kier alpha value is -3.63. The summed E-state index contributed by atoms with van der Waals surface area (Å²) < 4.78 is 45.4. The number of pyridine rings is 1. The Morgan fingerprint density at radius 2 is 1.83 bits per heavy atom. The first kappa shape index (κ1) is 22.7. The summed E-state index contributed by atoms with van der Waals surface area (Å²) >= 11 is 0. The Morgan fingerprint density at radius 3 is 2.47 bits per heavy atom. The number of nitrogens with one attached hydrogen (secondary N) is 2. The average Bonchev–Trinajstić information content (AvgIpc) is 2.68. The van der Waals surface area contributed by atoms with E-state index < -0.39 is 37.3 Å². The molecule has 3 amide bonds. The van der Waals surface area contributed by atoms with Crippen molar-refractivity contribution in [2.45, 2.75) is 20.0 Å². The van der Waals surface area contributed by atoms with Crippen molar-refractivity contribution in [2.75, 3.05) is 18.5 Å². The van der Waals surface area contributed by atoms with Crippen molar-refractivity contribution in [1.29, 1.82) is 0 Å². The molecule has 1 aromatic heterocycles. The summed E-state index contributed by atoms with van der Waals surface area (Å²) in [7, 11) is 0. The molecule has 0 aliphatic rings. The first-order chi connectivity index (χ1) is 14.0. The number of carbonyl (C=O) groups is 3. The maximum absolute atomic E-state index is 12.1. The molecule has 11 heteroatoms. The van der Waals surface area contributed by atoms with Crippen LogP contribution in [0, 0.1) is 13.8 Å². The number of carbonyl (C=O) groups excluding carboxylic acids is 3. The van der Waals surface area contributed by atoms with E-state index in [2.05, 4.69) is 15.0 Å². The molecule has 0 spiro atoms. The topological polar surface area (TPSA) is 107 Å². The molecule has 0 saturated carbocycles. The van der Waals surface area contributed by atoms with Crippen LogP contribution in [-0.2, 0) is 9.53 Å². The second-order valence-electron chi connectivity index (χ2n) is 6.11. The Labute approximate surface area is 169 Å². The van der Waals surface area contributed by atoms with Crippen molar-refractivity contribution in [2.24, 2.45) is 0 Å². The van der Waals surface area contributed by atoms with Gasteiger partial charge in [0.2, 0.25) is 5.88 Å². The second kappa shape index (κ2) is 9.72. The quantitative estimate of drug-likeness (QED) is 0.689. The van der Waals surface area contributed by atoms with Crippen LogP contribution >= 0.6 is 0 Å². The highest BCUT2D eigenvalue weighted by atomic mass is 19.4. The molecule has 0 bridgehead atoms. The molecule has 0 saturated heterocycles. The van der Waals surface area contributed by atoms with Crippen LogP contribution in [0.5, 0.6) is 5.88 Å². The first-order valence-electron chi connectivity index (χ1n) is 8.55. The van der Waals surface area contributed by atoms with Crippen LogP contribution in [0.25, 0.3) is 0 Å². The standard InChI is InChI=1S/C19H18F3N3O5/c1-11-4-3-5-14(12(11)2)24-18(28)25-15(26)9-29-17(27)13-6-7-16(23-8-13)30-10-19(20,21)22/h3-8H,9-10H2,1-2H3,(H2,24,25,26,28). The van der Waals surface area contributed by atoms with Gasteiger partial charge >= 0.3 is 18.2 Å². The molecule has 1 heterocycles. The monoisotopic (exact) mass is 425 g/mol. The van der Waals surface area contributed by atoms with E-state index in [4.69, 9.17) is 4.74 Å². The third-order valence-corrected chi connectivity index (χ3v) is 3.80. The van der Waals surface area contributed by atoms with Crippen LogP contribution in [0.4, 0.5) is 23.7 Å². The van der Waals surface area contributed by atoms with E-state index in [1.54, 1.807) is 12.1 Å². The molecular weight excluding hydrogens is 407 g/mol. The maximum atomic E-state index is 12.1. The molecule has 0 fully saturated rings. The Balaban J connectivity index is 1.80. The lowest BCUT2D eigenvalue weighted by Crippen LogP contribution is -2.37. The van der Waals surface area contributed by atoms with Gasteiger partial charge in [0.15, 0.2) is 13.2 Å². The van der Waals surface area contributed by atoms with Gasteiger partial charge in [-0.05, 0) is 37.1 Å². The SMILES string of the molecule is Cc1cccc(NC(=O)NC(=O)COC(=O)c2ccc(OCC(F)(F)F)nc2)c1C. The Kier molecular flexibility index (Phi) is 7.34. The molecule has 0 radical (unpaired) electrons. The summed E-state index contributed by atoms with van der Waals surface area (Å²) in [5.74, 6) is -2.15. The molecular formula is C19H18F3N3O5. The average molecular weight is 425 g/mol. The number of ether oxygens (including phenoxy) is 2. The lowest BCUT2D eigenvalue weighted by Gasteiger charge is -2.11. The summed E-state index contributed by atoms with van der Waals surface area (Å²) in [6.45, 7) is 1.41. The molecule has 160 valence electrons. The van der Waals surface area contributed by atoms with Crippen LogP contribution in [0.15, 0.2) is 36.5 Å². The van der Waals surface area contributed by atoms with Crippen molar-refractivity contribution in [1.82, 2.24) is 10.3 Å². The third kappa shape index (κ3) is 7.08. The highest BCUT2D eigenvalue weighted by Crippen LogP contribution is 2.18. The summed E-state index contributed by atoms with van der Waals surface area (Å²) in [6.07, 6.45) is -3.57. The van der Waals surface area contributed by atoms with Crippen molar-refractivity contribution in [3.05, 3.63) is 53.2 Å². The van der Waals surface area contributed by atoms with Gasteiger partial charge in [0.05, 0.1) is 5.56 Å². The fraction of sp³-hybridized carbons (Fsp3) is 0.263. The number of hydrogen-bond acceptors (Lipinski definition) is 6. The number of anilines is 1. The molecule has 0 aliphatic heterocycles. The van der Waals surface area contributed by atoms with Gasteiger partial charge in [-0.1, -0.05) is 12.1 Å². The number of nitrogens with zero attached hydrogens (tertiary/aromatic N) is 1. The van der Waals surface area contributed by atoms with Crippen molar-refractivity contribution in [3.8, 4) is 5.88 Å².